The number of pyridine rings is 1. The molecule has 1 atom stereocenters. The zero-order valence-electron chi connectivity index (χ0n) is 10.8. The minimum absolute atomic E-state index is 0.239. The van der Waals surface area contributed by atoms with Crippen LogP contribution in [0.15, 0.2) is 18.5 Å². The molecular weight excluding hydrogens is 228 g/mol. The molecule has 0 bridgehead atoms. The maximum atomic E-state index is 11.5. The fourth-order valence-corrected chi connectivity index (χ4v) is 1.74. The van der Waals surface area contributed by atoms with Gasteiger partial charge in [-0.1, -0.05) is 13.8 Å². The van der Waals surface area contributed by atoms with Crippen LogP contribution >= 0.6 is 0 Å². The standard InChI is InChI=1S/C13H18N4O/c1-7(2)8(3)17-11-9-4-5-15-13(9)16-6-10(11)12(14)18/h4-8H,1-3H3,(H2,14,18)(H2,15,16,17). The Hall–Kier alpha value is -2.04. The van der Waals surface area contributed by atoms with Gasteiger partial charge in [0.1, 0.15) is 5.65 Å². The van der Waals surface area contributed by atoms with Gasteiger partial charge in [-0.2, -0.15) is 0 Å². The van der Waals surface area contributed by atoms with Crippen molar-refractivity contribution in [2.24, 2.45) is 11.7 Å². The van der Waals surface area contributed by atoms with Gasteiger partial charge in [-0.3, -0.25) is 4.79 Å². The number of aromatic amines is 1. The molecule has 4 N–H and O–H groups in total. The number of fused-ring (bicyclic) bond motifs is 1. The van der Waals surface area contributed by atoms with E-state index >= 15 is 0 Å². The summed E-state index contributed by atoms with van der Waals surface area (Å²) in [6.45, 7) is 6.32. The number of amides is 1. The van der Waals surface area contributed by atoms with E-state index in [-0.39, 0.29) is 6.04 Å². The van der Waals surface area contributed by atoms with Gasteiger partial charge < -0.3 is 16.0 Å². The summed E-state index contributed by atoms with van der Waals surface area (Å²) in [6, 6.07) is 2.13. The number of primary amides is 1. The van der Waals surface area contributed by atoms with Crippen LogP contribution in [0.2, 0.25) is 0 Å². The zero-order chi connectivity index (χ0) is 13.3. The van der Waals surface area contributed by atoms with Gasteiger partial charge in [-0.25, -0.2) is 4.98 Å². The molecule has 5 heteroatoms. The maximum absolute atomic E-state index is 11.5. The third-order valence-corrected chi connectivity index (χ3v) is 3.22. The first-order valence-corrected chi connectivity index (χ1v) is 6.03. The predicted octanol–water partition coefficient (Wildman–Crippen LogP) is 2.12. The topological polar surface area (TPSA) is 83.8 Å². The van der Waals surface area contributed by atoms with Gasteiger partial charge in [0, 0.05) is 23.8 Å². The van der Waals surface area contributed by atoms with Crippen molar-refractivity contribution in [3.63, 3.8) is 0 Å². The summed E-state index contributed by atoms with van der Waals surface area (Å²) in [7, 11) is 0. The van der Waals surface area contributed by atoms with Gasteiger partial charge in [0.15, 0.2) is 0 Å². The normalized spacial score (nSPS) is 12.9. The molecule has 2 aromatic rings. The van der Waals surface area contributed by atoms with Crippen molar-refractivity contribution < 1.29 is 4.79 Å². The smallest absolute Gasteiger partial charge is 0.252 e. The number of hydrogen-bond acceptors (Lipinski definition) is 3. The van der Waals surface area contributed by atoms with Crippen LogP contribution in [0.25, 0.3) is 11.0 Å². The number of aromatic nitrogens is 2. The van der Waals surface area contributed by atoms with Crippen molar-refractivity contribution >= 4 is 22.6 Å². The van der Waals surface area contributed by atoms with E-state index < -0.39 is 5.91 Å². The third-order valence-electron chi connectivity index (χ3n) is 3.22. The average Bonchev–Trinajstić information content (AvgIpc) is 2.76. The van der Waals surface area contributed by atoms with Gasteiger partial charge in [-0.05, 0) is 18.9 Å². The summed E-state index contributed by atoms with van der Waals surface area (Å²) < 4.78 is 0. The molecule has 1 unspecified atom stereocenters. The quantitative estimate of drug-likeness (QED) is 0.772. The molecule has 0 radical (unpaired) electrons. The number of rotatable bonds is 4. The van der Waals surface area contributed by atoms with Gasteiger partial charge in [0.25, 0.3) is 5.91 Å². The predicted molar refractivity (Wildman–Crippen MR) is 72.5 cm³/mol. The number of nitrogens with zero attached hydrogens (tertiary/aromatic N) is 1. The maximum Gasteiger partial charge on any atom is 0.252 e. The fraction of sp³-hybridized carbons (Fsp3) is 0.385. The SMILES string of the molecule is CC(C)C(C)Nc1c(C(N)=O)cnc2[nH]ccc12. The molecule has 0 fully saturated rings. The highest BCUT2D eigenvalue weighted by molar-refractivity contribution is 6.05. The molecule has 2 aromatic heterocycles. The van der Waals surface area contributed by atoms with Gasteiger partial charge >= 0.3 is 0 Å². The number of nitrogens with two attached hydrogens (primary N) is 1. The Bertz CT molecular complexity index is 573. The lowest BCUT2D eigenvalue weighted by Crippen LogP contribution is -2.24. The minimum atomic E-state index is -0.468. The lowest BCUT2D eigenvalue weighted by atomic mass is 10.0. The largest absolute Gasteiger partial charge is 0.381 e. The summed E-state index contributed by atoms with van der Waals surface area (Å²) in [6.07, 6.45) is 3.31. The van der Waals surface area contributed by atoms with E-state index in [4.69, 9.17) is 5.73 Å². The van der Waals surface area contributed by atoms with E-state index in [2.05, 4.69) is 36.1 Å². The highest BCUT2D eigenvalue weighted by Crippen LogP contribution is 2.26. The van der Waals surface area contributed by atoms with Crippen molar-refractivity contribution in [3.8, 4) is 0 Å². The monoisotopic (exact) mass is 246 g/mol. The van der Waals surface area contributed by atoms with E-state index in [0.29, 0.717) is 11.5 Å². The molecule has 5 nitrogen and oxygen atoms in total. The molecule has 0 saturated carbocycles. The highest BCUT2D eigenvalue weighted by atomic mass is 16.1. The number of hydrogen-bond donors (Lipinski definition) is 3. The first-order chi connectivity index (χ1) is 8.50. The molecule has 2 rings (SSSR count). The van der Waals surface area contributed by atoms with E-state index in [1.54, 1.807) is 6.20 Å². The summed E-state index contributed by atoms with van der Waals surface area (Å²) in [5.41, 5.74) is 7.33. The van der Waals surface area contributed by atoms with Gasteiger partial charge in [0.05, 0.1) is 11.3 Å². The molecule has 2 heterocycles. The number of H-pyrrole nitrogens is 1. The molecule has 96 valence electrons. The van der Waals surface area contributed by atoms with Gasteiger partial charge in [0.2, 0.25) is 0 Å². The zero-order valence-corrected chi connectivity index (χ0v) is 10.8. The molecule has 0 aliphatic rings. The molecule has 0 aliphatic heterocycles. The molecule has 18 heavy (non-hydrogen) atoms. The Kier molecular flexibility index (Phi) is 3.23. The number of carbonyl (C=O) groups is 1. The third kappa shape index (κ3) is 2.16. The summed E-state index contributed by atoms with van der Waals surface area (Å²) in [5, 5.41) is 4.25. The average molecular weight is 246 g/mol. The summed E-state index contributed by atoms with van der Waals surface area (Å²) in [4.78, 5) is 18.7. The van der Waals surface area contributed by atoms with E-state index in [0.717, 1.165) is 16.7 Å². The van der Waals surface area contributed by atoms with Crippen molar-refractivity contribution in [2.45, 2.75) is 26.8 Å². The van der Waals surface area contributed by atoms with E-state index in [9.17, 15) is 4.79 Å². The second-order valence-electron chi connectivity index (χ2n) is 4.83. The Balaban J connectivity index is 2.53. The molecule has 0 aromatic carbocycles. The van der Waals surface area contributed by atoms with Crippen LogP contribution in [0.4, 0.5) is 5.69 Å². The first kappa shape index (κ1) is 12.4. The number of carbonyl (C=O) groups excluding carboxylic acids is 1. The fourth-order valence-electron chi connectivity index (χ4n) is 1.74. The van der Waals surface area contributed by atoms with Crippen LogP contribution in [0.5, 0.6) is 0 Å². The van der Waals surface area contributed by atoms with Crippen molar-refractivity contribution in [1.29, 1.82) is 0 Å². The van der Waals surface area contributed by atoms with Crippen LogP contribution in [0.1, 0.15) is 31.1 Å². The lowest BCUT2D eigenvalue weighted by Gasteiger charge is -2.20. The van der Waals surface area contributed by atoms with E-state index in [1.165, 1.54) is 6.20 Å². The van der Waals surface area contributed by atoms with Crippen LogP contribution < -0.4 is 11.1 Å². The second kappa shape index (κ2) is 4.68. The summed E-state index contributed by atoms with van der Waals surface area (Å²) >= 11 is 0. The second-order valence-corrected chi connectivity index (χ2v) is 4.83. The molecule has 0 aliphatic carbocycles. The van der Waals surface area contributed by atoms with Crippen molar-refractivity contribution in [3.05, 3.63) is 24.0 Å². The molecule has 0 saturated heterocycles. The van der Waals surface area contributed by atoms with Crippen molar-refractivity contribution in [1.82, 2.24) is 9.97 Å². The first-order valence-electron chi connectivity index (χ1n) is 6.03. The molecule has 0 spiro atoms. The van der Waals surface area contributed by atoms with Crippen molar-refractivity contribution in [2.75, 3.05) is 5.32 Å². The highest BCUT2D eigenvalue weighted by Gasteiger charge is 2.16. The minimum Gasteiger partial charge on any atom is -0.381 e. The number of anilines is 1. The van der Waals surface area contributed by atoms with Gasteiger partial charge in [-0.15, -0.1) is 0 Å². The van der Waals surface area contributed by atoms with Crippen LogP contribution in [0.3, 0.4) is 0 Å². The number of nitrogens with one attached hydrogen (secondary N) is 2. The van der Waals surface area contributed by atoms with Crippen LogP contribution in [-0.2, 0) is 0 Å². The lowest BCUT2D eigenvalue weighted by molar-refractivity contribution is 0.100. The Morgan fingerprint density at radius 1 is 1.44 bits per heavy atom. The van der Waals surface area contributed by atoms with Crippen LogP contribution in [0, 0.1) is 5.92 Å². The Morgan fingerprint density at radius 2 is 2.17 bits per heavy atom. The summed E-state index contributed by atoms with van der Waals surface area (Å²) in [5.74, 6) is -0.0167. The molecule has 1 amide bonds. The Labute approximate surface area is 106 Å². The Morgan fingerprint density at radius 3 is 2.78 bits per heavy atom. The van der Waals surface area contributed by atoms with E-state index in [1.807, 2.05) is 6.07 Å². The van der Waals surface area contributed by atoms with Crippen LogP contribution in [-0.4, -0.2) is 21.9 Å². The molecular formula is C13H18N4O.